The van der Waals surface area contributed by atoms with Gasteiger partial charge in [0.25, 0.3) is 0 Å². The van der Waals surface area contributed by atoms with Crippen molar-refractivity contribution >= 4 is 17.5 Å². The predicted molar refractivity (Wildman–Crippen MR) is 56.7 cm³/mol. The molecule has 0 aromatic heterocycles. The summed E-state index contributed by atoms with van der Waals surface area (Å²) in [5, 5.41) is 0. The number of thioether (sulfide) groups is 1. The first-order valence-electron chi connectivity index (χ1n) is 4.80. The van der Waals surface area contributed by atoms with Gasteiger partial charge in [0.1, 0.15) is 5.78 Å². The van der Waals surface area contributed by atoms with E-state index in [0.29, 0.717) is 11.7 Å². The van der Waals surface area contributed by atoms with Crippen molar-refractivity contribution in [1.29, 1.82) is 0 Å². The second-order valence-electron chi connectivity index (χ2n) is 3.31. The minimum atomic E-state index is 0.419. The highest BCUT2D eigenvalue weighted by Crippen LogP contribution is 2.10. The van der Waals surface area contributed by atoms with Gasteiger partial charge < -0.3 is 0 Å². The third kappa shape index (κ3) is 6.71. The van der Waals surface area contributed by atoms with Crippen LogP contribution in [0.5, 0.6) is 0 Å². The molecule has 0 aromatic rings. The van der Waals surface area contributed by atoms with Gasteiger partial charge in [-0.05, 0) is 18.1 Å². The number of Topliss-reactive ketones (excluding diaryl/α,β-unsaturated/α-hetero) is 1. The van der Waals surface area contributed by atoms with Gasteiger partial charge in [-0.3, -0.25) is 4.79 Å². The molecule has 1 unspecified atom stereocenters. The van der Waals surface area contributed by atoms with Crippen molar-refractivity contribution in [1.82, 2.24) is 0 Å². The van der Waals surface area contributed by atoms with Gasteiger partial charge >= 0.3 is 0 Å². The van der Waals surface area contributed by atoms with Crippen LogP contribution in [0.2, 0.25) is 0 Å². The van der Waals surface area contributed by atoms with Gasteiger partial charge in [-0.15, -0.1) is 0 Å². The maximum absolute atomic E-state index is 11.3. The zero-order valence-corrected chi connectivity index (χ0v) is 9.25. The Bertz CT molecular complexity index is 123. The topological polar surface area (TPSA) is 17.1 Å². The van der Waals surface area contributed by atoms with E-state index in [-0.39, 0.29) is 0 Å². The van der Waals surface area contributed by atoms with Crippen molar-refractivity contribution in [3.63, 3.8) is 0 Å². The van der Waals surface area contributed by atoms with Crippen LogP contribution in [-0.4, -0.2) is 17.3 Å². The maximum Gasteiger partial charge on any atom is 0.143 e. The highest BCUT2D eigenvalue weighted by molar-refractivity contribution is 7.99. The summed E-state index contributed by atoms with van der Waals surface area (Å²) in [5.74, 6) is 2.83. The lowest BCUT2D eigenvalue weighted by atomic mass is 10.0. The van der Waals surface area contributed by atoms with Gasteiger partial charge in [0.05, 0.1) is 5.75 Å². The highest BCUT2D eigenvalue weighted by Gasteiger charge is 2.06. The van der Waals surface area contributed by atoms with Crippen molar-refractivity contribution in [2.45, 2.75) is 40.0 Å². The molecule has 0 aromatic carbocycles. The SMILES string of the molecule is CCCSCC(=O)CC(C)CC. The molecular weight excluding hydrogens is 168 g/mol. The van der Waals surface area contributed by atoms with E-state index >= 15 is 0 Å². The normalized spacial score (nSPS) is 12.9. The first-order chi connectivity index (χ1) is 5.70. The van der Waals surface area contributed by atoms with E-state index < -0.39 is 0 Å². The molecule has 0 bridgehead atoms. The Balaban J connectivity index is 3.33. The second kappa shape index (κ2) is 7.66. The zero-order chi connectivity index (χ0) is 9.40. The van der Waals surface area contributed by atoms with Crippen LogP contribution in [0.3, 0.4) is 0 Å². The summed E-state index contributed by atoms with van der Waals surface area (Å²) >= 11 is 1.76. The monoisotopic (exact) mass is 188 g/mol. The fourth-order valence-corrected chi connectivity index (χ4v) is 1.70. The Morgan fingerprint density at radius 3 is 2.58 bits per heavy atom. The quantitative estimate of drug-likeness (QED) is 0.571. The molecule has 0 radical (unpaired) electrons. The second-order valence-corrected chi connectivity index (χ2v) is 4.41. The summed E-state index contributed by atoms with van der Waals surface area (Å²) in [6.07, 6.45) is 3.05. The van der Waals surface area contributed by atoms with Gasteiger partial charge in [0.2, 0.25) is 0 Å². The molecule has 1 nitrogen and oxygen atoms in total. The largest absolute Gasteiger partial charge is 0.299 e. The molecule has 0 N–H and O–H groups in total. The van der Waals surface area contributed by atoms with Crippen molar-refractivity contribution in [3.8, 4) is 0 Å². The molecular formula is C10H20OS. The number of carbonyl (C=O) groups is 1. The van der Waals surface area contributed by atoms with Crippen LogP contribution in [0.15, 0.2) is 0 Å². The van der Waals surface area contributed by atoms with Gasteiger partial charge in [-0.25, -0.2) is 0 Å². The fraction of sp³-hybridized carbons (Fsp3) is 0.900. The summed E-state index contributed by atoms with van der Waals surface area (Å²) in [4.78, 5) is 11.3. The molecule has 0 spiro atoms. The number of rotatable bonds is 7. The Labute approximate surface area is 80.3 Å². The molecule has 0 saturated carbocycles. The number of carbonyl (C=O) groups excluding carboxylic acids is 1. The van der Waals surface area contributed by atoms with Crippen LogP contribution in [0.1, 0.15) is 40.0 Å². The molecule has 0 aliphatic carbocycles. The Kier molecular flexibility index (Phi) is 7.67. The highest BCUT2D eigenvalue weighted by atomic mass is 32.2. The Morgan fingerprint density at radius 2 is 2.08 bits per heavy atom. The molecule has 12 heavy (non-hydrogen) atoms. The van der Waals surface area contributed by atoms with Crippen molar-refractivity contribution in [2.75, 3.05) is 11.5 Å². The fourth-order valence-electron chi connectivity index (χ4n) is 0.922. The van der Waals surface area contributed by atoms with E-state index in [1.165, 1.54) is 6.42 Å². The third-order valence-electron chi connectivity index (χ3n) is 1.88. The number of ketones is 1. The van der Waals surface area contributed by atoms with Gasteiger partial charge in [-0.2, -0.15) is 11.8 Å². The molecule has 0 rings (SSSR count). The summed E-state index contributed by atoms with van der Waals surface area (Å²) in [7, 11) is 0. The lowest BCUT2D eigenvalue weighted by Gasteiger charge is -2.06. The van der Waals surface area contributed by atoms with E-state index in [2.05, 4.69) is 20.8 Å². The van der Waals surface area contributed by atoms with Gasteiger partial charge in [0, 0.05) is 6.42 Å². The van der Waals surface area contributed by atoms with E-state index in [1.54, 1.807) is 11.8 Å². The smallest absolute Gasteiger partial charge is 0.143 e. The average Bonchev–Trinajstić information content (AvgIpc) is 2.05. The standard InChI is InChI=1S/C10H20OS/c1-4-6-12-8-10(11)7-9(3)5-2/h9H,4-8H2,1-3H3. The summed E-state index contributed by atoms with van der Waals surface area (Å²) in [6, 6.07) is 0. The summed E-state index contributed by atoms with van der Waals surface area (Å²) < 4.78 is 0. The van der Waals surface area contributed by atoms with Crippen LogP contribution < -0.4 is 0 Å². The van der Waals surface area contributed by atoms with Crippen LogP contribution in [0.25, 0.3) is 0 Å². The molecule has 0 heterocycles. The van der Waals surface area contributed by atoms with E-state index in [0.717, 1.165) is 24.3 Å². The number of hydrogen-bond donors (Lipinski definition) is 0. The molecule has 0 aliphatic heterocycles. The van der Waals surface area contributed by atoms with Crippen LogP contribution in [0.4, 0.5) is 0 Å². The van der Waals surface area contributed by atoms with Crippen molar-refractivity contribution < 1.29 is 4.79 Å². The third-order valence-corrected chi connectivity index (χ3v) is 3.11. The molecule has 2 heteroatoms. The van der Waals surface area contributed by atoms with Crippen molar-refractivity contribution in [3.05, 3.63) is 0 Å². The van der Waals surface area contributed by atoms with E-state index in [9.17, 15) is 4.79 Å². The van der Waals surface area contributed by atoms with Crippen LogP contribution in [0, 0.1) is 5.92 Å². The Hall–Kier alpha value is 0.0200. The Morgan fingerprint density at radius 1 is 1.42 bits per heavy atom. The van der Waals surface area contributed by atoms with E-state index in [4.69, 9.17) is 0 Å². The first-order valence-corrected chi connectivity index (χ1v) is 5.95. The molecule has 1 atom stereocenters. The van der Waals surface area contributed by atoms with Crippen LogP contribution in [-0.2, 0) is 4.79 Å². The average molecular weight is 188 g/mol. The lowest BCUT2D eigenvalue weighted by molar-refractivity contribution is -0.117. The van der Waals surface area contributed by atoms with Gasteiger partial charge in [-0.1, -0.05) is 27.2 Å². The minimum absolute atomic E-state index is 0.419. The minimum Gasteiger partial charge on any atom is -0.299 e. The van der Waals surface area contributed by atoms with Crippen molar-refractivity contribution in [2.24, 2.45) is 5.92 Å². The molecule has 0 saturated heterocycles. The summed E-state index contributed by atoms with van der Waals surface area (Å²) in [6.45, 7) is 6.42. The summed E-state index contributed by atoms with van der Waals surface area (Å²) in [5.41, 5.74) is 0. The maximum atomic E-state index is 11.3. The van der Waals surface area contributed by atoms with E-state index in [1.807, 2.05) is 0 Å². The molecule has 0 fully saturated rings. The molecule has 72 valence electrons. The van der Waals surface area contributed by atoms with Gasteiger partial charge in [0.15, 0.2) is 0 Å². The molecule has 0 amide bonds. The van der Waals surface area contributed by atoms with Crippen LogP contribution >= 0.6 is 11.8 Å². The predicted octanol–water partition coefficient (Wildman–Crippen LogP) is 3.13. The first kappa shape index (κ1) is 12.0. The number of hydrogen-bond acceptors (Lipinski definition) is 2. The molecule has 0 aliphatic rings. The lowest BCUT2D eigenvalue weighted by Crippen LogP contribution is -2.07. The zero-order valence-electron chi connectivity index (χ0n) is 8.43.